The molecule has 4 N–H and O–H groups in total. The molecule has 2 fully saturated rings. The summed E-state index contributed by atoms with van der Waals surface area (Å²) in [7, 11) is 0. The van der Waals surface area contributed by atoms with Gasteiger partial charge in [0.1, 0.15) is 24.1 Å². The van der Waals surface area contributed by atoms with Crippen molar-refractivity contribution in [2.75, 3.05) is 18.0 Å². The molecule has 8 heteroatoms. The van der Waals surface area contributed by atoms with Gasteiger partial charge in [0.2, 0.25) is 0 Å². The number of aliphatic hydroxyl groups is 2. The fourth-order valence-corrected chi connectivity index (χ4v) is 3.15. The van der Waals surface area contributed by atoms with Gasteiger partial charge in [-0.1, -0.05) is 0 Å². The van der Waals surface area contributed by atoms with Crippen molar-refractivity contribution in [1.82, 2.24) is 5.32 Å². The van der Waals surface area contributed by atoms with E-state index in [0.717, 1.165) is 12.1 Å². The van der Waals surface area contributed by atoms with Gasteiger partial charge in [0.05, 0.1) is 5.92 Å². The minimum Gasteiger partial charge on any atom is -0.481 e. The molecule has 0 amide bonds. The second kappa shape index (κ2) is 6.03. The lowest BCUT2D eigenvalue weighted by Gasteiger charge is -2.39. The van der Waals surface area contributed by atoms with Crippen molar-refractivity contribution in [2.45, 2.75) is 31.2 Å². The number of hydrogen-bond acceptors (Lipinski definition) is 5. The van der Waals surface area contributed by atoms with Crippen LogP contribution in [0.25, 0.3) is 0 Å². The van der Waals surface area contributed by atoms with Crippen LogP contribution in [0, 0.1) is 17.6 Å². The molecule has 23 heavy (non-hydrogen) atoms. The highest BCUT2D eigenvalue weighted by atomic mass is 19.1. The van der Waals surface area contributed by atoms with Gasteiger partial charge in [0.15, 0.2) is 0 Å². The van der Waals surface area contributed by atoms with Crippen molar-refractivity contribution in [3.63, 3.8) is 0 Å². The Labute approximate surface area is 131 Å². The maximum Gasteiger partial charge on any atom is 0.310 e. The molecule has 2 aliphatic heterocycles. The summed E-state index contributed by atoms with van der Waals surface area (Å²) in [5, 5.41) is 30.6. The number of carboxylic acids is 1. The number of aliphatic carboxylic acids is 1. The van der Waals surface area contributed by atoms with E-state index in [2.05, 4.69) is 5.32 Å². The second-order valence-corrected chi connectivity index (χ2v) is 6.07. The number of carbonyl (C=O) groups is 1. The van der Waals surface area contributed by atoms with Crippen LogP contribution in [0.5, 0.6) is 0 Å². The zero-order chi connectivity index (χ0) is 16.7. The number of halogens is 2. The fourth-order valence-electron chi connectivity index (χ4n) is 3.15. The molecule has 0 aromatic heterocycles. The molecule has 2 heterocycles. The summed E-state index contributed by atoms with van der Waals surface area (Å²) in [6.07, 6.45) is -1.57. The van der Waals surface area contributed by atoms with Gasteiger partial charge in [0, 0.05) is 30.3 Å². The molecule has 1 aromatic rings. The van der Waals surface area contributed by atoms with E-state index < -0.39 is 41.9 Å². The molecule has 3 rings (SSSR count). The highest BCUT2D eigenvalue weighted by Crippen LogP contribution is 2.35. The lowest BCUT2D eigenvalue weighted by Crippen LogP contribution is -2.50. The van der Waals surface area contributed by atoms with E-state index in [-0.39, 0.29) is 31.5 Å². The van der Waals surface area contributed by atoms with Crippen LogP contribution in [-0.4, -0.2) is 46.8 Å². The highest BCUT2D eigenvalue weighted by molar-refractivity contribution is 5.74. The van der Waals surface area contributed by atoms with Crippen LogP contribution in [0.4, 0.5) is 14.5 Å². The third-order valence-corrected chi connectivity index (χ3v) is 4.53. The number of rotatable bonds is 3. The summed E-state index contributed by atoms with van der Waals surface area (Å²) in [6, 6.07) is 2.32. The third kappa shape index (κ3) is 3.01. The average Bonchev–Trinajstić information content (AvgIpc) is 2.38. The number of anilines is 1. The summed E-state index contributed by atoms with van der Waals surface area (Å²) in [6.45, 7) is 0.431. The number of benzene rings is 1. The van der Waals surface area contributed by atoms with Crippen molar-refractivity contribution < 1.29 is 28.9 Å². The molecule has 0 spiro atoms. The Morgan fingerprint density at radius 3 is 2.30 bits per heavy atom. The smallest absolute Gasteiger partial charge is 0.310 e. The minimum atomic E-state index is -1.23. The van der Waals surface area contributed by atoms with Gasteiger partial charge in [-0.05, 0) is 25.0 Å². The largest absolute Gasteiger partial charge is 0.481 e. The molecule has 2 aliphatic rings. The normalized spacial score (nSPS) is 28.5. The summed E-state index contributed by atoms with van der Waals surface area (Å²) in [4.78, 5) is 12.4. The molecule has 126 valence electrons. The van der Waals surface area contributed by atoms with E-state index in [4.69, 9.17) is 5.11 Å². The predicted octanol–water partition coefficient (Wildman–Crippen LogP) is 0.589. The molecule has 0 radical (unpaired) electrons. The van der Waals surface area contributed by atoms with Gasteiger partial charge in [0.25, 0.3) is 0 Å². The first kappa shape index (κ1) is 16.1. The SMILES string of the molecule is O=C(O)C1CN(c2cc(F)c([C@H]3CC[C@@H](O)N[C@@H]3O)c(F)c2)C1. The second-order valence-electron chi connectivity index (χ2n) is 6.07. The summed E-state index contributed by atoms with van der Waals surface area (Å²) >= 11 is 0. The minimum absolute atomic E-state index is 0.212. The maximum absolute atomic E-state index is 14.4. The van der Waals surface area contributed by atoms with Crippen LogP contribution in [0.2, 0.25) is 0 Å². The van der Waals surface area contributed by atoms with Crippen molar-refractivity contribution in [2.24, 2.45) is 5.92 Å². The van der Waals surface area contributed by atoms with E-state index in [1.807, 2.05) is 0 Å². The molecular weight excluding hydrogens is 310 g/mol. The Bertz CT molecular complexity index is 598. The number of nitrogens with zero attached hydrogens (tertiary/aromatic N) is 1. The van der Waals surface area contributed by atoms with Crippen LogP contribution in [0.15, 0.2) is 12.1 Å². The Morgan fingerprint density at radius 1 is 1.17 bits per heavy atom. The first-order chi connectivity index (χ1) is 10.9. The number of carboxylic acid groups (broad SMARTS) is 1. The Hall–Kier alpha value is -1.77. The highest BCUT2D eigenvalue weighted by Gasteiger charge is 2.36. The molecule has 2 saturated heterocycles. The summed E-state index contributed by atoms with van der Waals surface area (Å²) in [5.41, 5.74) is 0.0792. The van der Waals surface area contributed by atoms with Crippen molar-refractivity contribution in [3.8, 4) is 0 Å². The van der Waals surface area contributed by atoms with Gasteiger partial charge in [-0.15, -0.1) is 0 Å². The van der Waals surface area contributed by atoms with Gasteiger partial charge in [-0.25, -0.2) is 8.78 Å². The molecule has 0 aliphatic carbocycles. The molecular formula is C15H18F2N2O4. The number of nitrogens with one attached hydrogen (secondary N) is 1. The Morgan fingerprint density at radius 2 is 1.78 bits per heavy atom. The average molecular weight is 328 g/mol. The van der Waals surface area contributed by atoms with Gasteiger partial charge >= 0.3 is 5.97 Å². The van der Waals surface area contributed by atoms with Crippen LogP contribution >= 0.6 is 0 Å². The fraction of sp³-hybridized carbons (Fsp3) is 0.533. The van der Waals surface area contributed by atoms with E-state index in [9.17, 15) is 23.8 Å². The predicted molar refractivity (Wildman–Crippen MR) is 76.8 cm³/mol. The monoisotopic (exact) mass is 328 g/mol. The molecule has 3 atom stereocenters. The van der Waals surface area contributed by atoms with Crippen LogP contribution in [-0.2, 0) is 4.79 Å². The van der Waals surface area contributed by atoms with E-state index in [0.29, 0.717) is 5.69 Å². The van der Waals surface area contributed by atoms with Gasteiger partial charge < -0.3 is 20.2 Å². The van der Waals surface area contributed by atoms with Gasteiger partial charge in [-0.2, -0.15) is 0 Å². The molecule has 0 bridgehead atoms. The summed E-state index contributed by atoms with van der Waals surface area (Å²) in [5.74, 6) is -3.78. The molecule has 0 saturated carbocycles. The maximum atomic E-state index is 14.4. The lowest BCUT2D eigenvalue weighted by molar-refractivity contribution is -0.142. The first-order valence-corrected chi connectivity index (χ1v) is 7.45. The zero-order valence-corrected chi connectivity index (χ0v) is 12.2. The van der Waals surface area contributed by atoms with Crippen LogP contribution in [0.3, 0.4) is 0 Å². The van der Waals surface area contributed by atoms with Gasteiger partial charge in [-0.3, -0.25) is 10.1 Å². The summed E-state index contributed by atoms with van der Waals surface area (Å²) < 4.78 is 28.7. The Balaban J connectivity index is 1.80. The standard InChI is InChI=1S/C15H18F2N2O4/c16-10-3-8(19-5-7(6-19)15(22)23)4-11(17)13(10)9-1-2-12(20)18-14(9)21/h3-4,7,9,12,14,18,20-21H,1-2,5-6H2,(H,22,23)/t9-,12-,14-/m1/s1. The zero-order valence-electron chi connectivity index (χ0n) is 12.2. The topological polar surface area (TPSA) is 93.0 Å². The number of hydrogen-bond donors (Lipinski definition) is 4. The van der Waals surface area contributed by atoms with E-state index in [1.165, 1.54) is 0 Å². The Kier molecular flexibility index (Phi) is 4.22. The molecule has 1 aromatic carbocycles. The van der Waals surface area contributed by atoms with Crippen molar-refractivity contribution in [1.29, 1.82) is 0 Å². The quantitative estimate of drug-likeness (QED) is 0.649. The molecule has 6 nitrogen and oxygen atoms in total. The van der Waals surface area contributed by atoms with Crippen molar-refractivity contribution in [3.05, 3.63) is 29.3 Å². The number of piperidine rings is 1. The first-order valence-electron chi connectivity index (χ1n) is 7.45. The molecule has 0 unspecified atom stereocenters. The third-order valence-electron chi connectivity index (χ3n) is 4.53. The van der Waals surface area contributed by atoms with Crippen LogP contribution in [0.1, 0.15) is 24.3 Å². The lowest BCUT2D eigenvalue weighted by atomic mass is 9.88. The van der Waals surface area contributed by atoms with E-state index in [1.54, 1.807) is 4.90 Å². The van der Waals surface area contributed by atoms with Crippen LogP contribution < -0.4 is 10.2 Å². The van der Waals surface area contributed by atoms with E-state index >= 15 is 0 Å². The number of aliphatic hydroxyl groups excluding tert-OH is 2. The van der Waals surface area contributed by atoms with Crippen molar-refractivity contribution >= 4 is 11.7 Å².